The van der Waals surface area contributed by atoms with Crippen molar-refractivity contribution < 1.29 is 9.90 Å². The first-order chi connectivity index (χ1) is 9.00. The van der Waals surface area contributed by atoms with Crippen molar-refractivity contribution in [2.75, 3.05) is 0 Å². The number of aliphatic carboxylic acids is 1. The number of carbonyl (C=O) groups is 1. The largest absolute Gasteiger partial charge is 0.481 e. The van der Waals surface area contributed by atoms with Crippen LogP contribution in [0.15, 0.2) is 24.3 Å². The molecule has 0 saturated heterocycles. The SMILES string of the molecule is CC(C)c1ccccc1-n1nnc(Cl)c1CC(=O)O. The summed E-state index contributed by atoms with van der Waals surface area (Å²) in [6.45, 7) is 4.13. The maximum absolute atomic E-state index is 10.9. The van der Waals surface area contributed by atoms with Gasteiger partial charge in [-0.25, -0.2) is 4.68 Å². The van der Waals surface area contributed by atoms with Gasteiger partial charge in [-0.2, -0.15) is 0 Å². The minimum absolute atomic E-state index is 0.126. The van der Waals surface area contributed by atoms with Crippen molar-refractivity contribution >= 4 is 17.6 Å². The third kappa shape index (κ3) is 2.76. The second-order valence-electron chi connectivity index (χ2n) is 4.52. The molecule has 0 aliphatic carbocycles. The van der Waals surface area contributed by atoms with Crippen LogP contribution in [0.3, 0.4) is 0 Å². The molecule has 100 valence electrons. The molecule has 0 unspecified atom stereocenters. The quantitative estimate of drug-likeness (QED) is 0.934. The number of nitrogens with zero attached hydrogens (tertiary/aromatic N) is 3. The number of rotatable bonds is 4. The standard InChI is InChI=1S/C13H14ClN3O2/c1-8(2)9-5-3-4-6-10(9)17-11(7-12(18)19)13(14)15-16-17/h3-6,8H,7H2,1-2H3,(H,18,19). The lowest BCUT2D eigenvalue weighted by Crippen LogP contribution is -2.10. The van der Waals surface area contributed by atoms with Crippen LogP contribution in [0.5, 0.6) is 0 Å². The van der Waals surface area contributed by atoms with Gasteiger partial charge in [0.15, 0.2) is 5.15 Å². The molecular weight excluding hydrogens is 266 g/mol. The molecule has 0 amide bonds. The maximum atomic E-state index is 10.9. The molecule has 0 aliphatic rings. The Balaban J connectivity index is 2.56. The minimum Gasteiger partial charge on any atom is -0.481 e. The predicted molar refractivity (Wildman–Crippen MR) is 71.8 cm³/mol. The van der Waals surface area contributed by atoms with Gasteiger partial charge in [-0.3, -0.25) is 4.79 Å². The summed E-state index contributed by atoms with van der Waals surface area (Å²) in [6, 6.07) is 7.68. The molecule has 5 nitrogen and oxygen atoms in total. The first-order valence-electron chi connectivity index (χ1n) is 5.92. The van der Waals surface area contributed by atoms with E-state index in [1.807, 2.05) is 24.3 Å². The van der Waals surface area contributed by atoms with E-state index in [1.165, 1.54) is 4.68 Å². The van der Waals surface area contributed by atoms with Gasteiger partial charge < -0.3 is 5.11 Å². The van der Waals surface area contributed by atoms with Gasteiger partial charge in [0.25, 0.3) is 0 Å². The number of halogens is 1. The van der Waals surface area contributed by atoms with Crippen molar-refractivity contribution in [3.63, 3.8) is 0 Å². The van der Waals surface area contributed by atoms with Gasteiger partial charge in [0.1, 0.15) is 0 Å². The van der Waals surface area contributed by atoms with Crippen molar-refractivity contribution in [2.24, 2.45) is 0 Å². The molecule has 0 aliphatic heterocycles. The highest BCUT2D eigenvalue weighted by atomic mass is 35.5. The van der Waals surface area contributed by atoms with Gasteiger partial charge in [0.2, 0.25) is 0 Å². The summed E-state index contributed by atoms with van der Waals surface area (Å²) in [4.78, 5) is 10.9. The maximum Gasteiger partial charge on any atom is 0.309 e. The average molecular weight is 280 g/mol. The highest BCUT2D eigenvalue weighted by Crippen LogP contribution is 2.25. The summed E-state index contributed by atoms with van der Waals surface area (Å²) in [7, 11) is 0. The third-order valence-corrected chi connectivity index (χ3v) is 3.12. The molecule has 0 bridgehead atoms. The Morgan fingerprint density at radius 3 is 2.74 bits per heavy atom. The smallest absolute Gasteiger partial charge is 0.309 e. The number of benzene rings is 1. The van der Waals surface area contributed by atoms with Crippen LogP contribution in [0.25, 0.3) is 5.69 Å². The highest BCUT2D eigenvalue weighted by molar-refractivity contribution is 6.30. The molecule has 19 heavy (non-hydrogen) atoms. The molecule has 0 atom stereocenters. The first kappa shape index (κ1) is 13.5. The second-order valence-corrected chi connectivity index (χ2v) is 4.88. The van der Waals surface area contributed by atoms with Crippen LogP contribution >= 0.6 is 11.6 Å². The molecule has 0 saturated carbocycles. The summed E-state index contributed by atoms with van der Waals surface area (Å²) in [5, 5.41) is 16.8. The van der Waals surface area contributed by atoms with Gasteiger partial charge in [0.05, 0.1) is 17.8 Å². The molecule has 1 aromatic carbocycles. The number of hydrogen-bond donors (Lipinski definition) is 1. The van der Waals surface area contributed by atoms with E-state index in [4.69, 9.17) is 16.7 Å². The molecular formula is C13H14ClN3O2. The molecule has 1 aromatic heterocycles. The zero-order valence-electron chi connectivity index (χ0n) is 10.7. The Morgan fingerprint density at radius 2 is 2.11 bits per heavy atom. The number of aromatic nitrogens is 3. The van der Waals surface area contributed by atoms with E-state index in [2.05, 4.69) is 24.2 Å². The average Bonchev–Trinajstić information content (AvgIpc) is 2.70. The first-order valence-corrected chi connectivity index (χ1v) is 6.29. The van der Waals surface area contributed by atoms with Gasteiger partial charge >= 0.3 is 5.97 Å². The van der Waals surface area contributed by atoms with E-state index in [0.29, 0.717) is 5.69 Å². The molecule has 2 rings (SSSR count). The highest BCUT2D eigenvalue weighted by Gasteiger charge is 2.18. The molecule has 0 fully saturated rings. The monoisotopic (exact) mass is 279 g/mol. The summed E-state index contributed by atoms with van der Waals surface area (Å²) in [6.07, 6.45) is -0.210. The summed E-state index contributed by atoms with van der Waals surface area (Å²) >= 11 is 5.91. The van der Waals surface area contributed by atoms with E-state index in [0.717, 1.165) is 11.3 Å². The lowest BCUT2D eigenvalue weighted by molar-refractivity contribution is -0.136. The number of para-hydroxylation sites is 1. The van der Waals surface area contributed by atoms with Crippen molar-refractivity contribution in [3.05, 3.63) is 40.7 Å². The van der Waals surface area contributed by atoms with Crippen LogP contribution in [0, 0.1) is 0 Å². The van der Waals surface area contributed by atoms with Gasteiger partial charge in [0, 0.05) is 0 Å². The van der Waals surface area contributed by atoms with Crippen LogP contribution in [-0.4, -0.2) is 26.1 Å². The van der Waals surface area contributed by atoms with Crippen LogP contribution in [0.2, 0.25) is 5.15 Å². The minimum atomic E-state index is -0.965. The van der Waals surface area contributed by atoms with Crippen molar-refractivity contribution in [3.8, 4) is 5.69 Å². The number of hydrogen-bond acceptors (Lipinski definition) is 3. The fourth-order valence-electron chi connectivity index (χ4n) is 1.94. The fraction of sp³-hybridized carbons (Fsp3) is 0.308. The molecule has 1 heterocycles. The summed E-state index contributed by atoms with van der Waals surface area (Å²) in [5.41, 5.74) is 2.27. The van der Waals surface area contributed by atoms with E-state index >= 15 is 0 Å². The summed E-state index contributed by atoms with van der Waals surface area (Å²) in [5.74, 6) is -0.677. The van der Waals surface area contributed by atoms with Crippen LogP contribution in [0.4, 0.5) is 0 Å². The lowest BCUT2D eigenvalue weighted by Gasteiger charge is -2.13. The molecule has 1 N–H and O–H groups in total. The lowest BCUT2D eigenvalue weighted by atomic mass is 10.0. The van der Waals surface area contributed by atoms with Gasteiger partial charge in [-0.1, -0.05) is 48.9 Å². The van der Waals surface area contributed by atoms with Crippen molar-refractivity contribution in [2.45, 2.75) is 26.2 Å². The normalized spacial score (nSPS) is 10.9. The van der Waals surface area contributed by atoms with E-state index in [9.17, 15) is 4.79 Å². The Bertz CT molecular complexity index is 608. The van der Waals surface area contributed by atoms with Crippen molar-refractivity contribution in [1.29, 1.82) is 0 Å². The number of carboxylic acid groups (broad SMARTS) is 1. The summed E-state index contributed by atoms with van der Waals surface area (Å²) < 4.78 is 1.51. The van der Waals surface area contributed by atoms with Crippen molar-refractivity contribution in [1.82, 2.24) is 15.0 Å². The third-order valence-electron chi connectivity index (χ3n) is 2.82. The van der Waals surface area contributed by atoms with E-state index < -0.39 is 5.97 Å². The molecule has 0 spiro atoms. The molecule has 0 radical (unpaired) electrons. The van der Waals surface area contributed by atoms with Crippen LogP contribution < -0.4 is 0 Å². The van der Waals surface area contributed by atoms with Crippen LogP contribution in [-0.2, 0) is 11.2 Å². The Morgan fingerprint density at radius 1 is 1.42 bits per heavy atom. The Kier molecular flexibility index (Phi) is 3.85. The number of carboxylic acids is 1. The van der Waals surface area contributed by atoms with Gasteiger partial charge in [-0.15, -0.1) is 5.10 Å². The Labute approximate surface area is 115 Å². The van der Waals surface area contributed by atoms with E-state index in [-0.39, 0.29) is 17.5 Å². The van der Waals surface area contributed by atoms with E-state index in [1.54, 1.807) is 0 Å². The zero-order chi connectivity index (χ0) is 14.0. The predicted octanol–water partition coefficient (Wildman–Crippen LogP) is 2.67. The zero-order valence-corrected chi connectivity index (χ0v) is 11.4. The van der Waals surface area contributed by atoms with Crippen LogP contribution in [0.1, 0.15) is 31.0 Å². The second kappa shape index (κ2) is 5.40. The van der Waals surface area contributed by atoms with Gasteiger partial charge in [-0.05, 0) is 17.5 Å². The Hall–Kier alpha value is -1.88. The topological polar surface area (TPSA) is 68.0 Å². The fourth-order valence-corrected chi connectivity index (χ4v) is 2.12. The molecule has 2 aromatic rings. The molecule has 6 heteroatoms.